The molecule has 0 aromatic carbocycles. The number of carbonyl (C=O) groups excluding carboxylic acids is 1. The number of halogens is 3. The van der Waals surface area contributed by atoms with Gasteiger partial charge in [0.1, 0.15) is 10.7 Å². The van der Waals surface area contributed by atoms with Gasteiger partial charge in [-0.1, -0.05) is 11.8 Å². The molecule has 1 amide bonds. The summed E-state index contributed by atoms with van der Waals surface area (Å²) in [5.74, 6) is -0.836. The fraction of sp³-hybridized carbons (Fsp3) is 0.182. The molecule has 0 spiro atoms. The normalized spacial score (nSPS) is 11.6. The number of aromatic nitrogens is 3. The first-order valence-electron chi connectivity index (χ1n) is 5.32. The van der Waals surface area contributed by atoms with E-state index in [1.807, 2.05) is 0 Å². The number of nitrogens with two attached hydrogens (primary N) is 1. The van der Waals surface area contributed by atoms with Crippen LogP contribution in [0.4, 0.5) is 13.2 Å². The van der Waals surface area contributed by atoms with Crippen LogP contribution in [0.3, 0.4) is 0 Å². The maximum Gasteiger partial charge on any atom is 0.433 e. The Balaban J connectivity index is 2.44. The number of hydrogen-bond donors (Lipinski definition) is 1. The molecule has 0 saturated carbocycles. The van der Waals surface area contributed by atoms with E-state index in [0.29, 0.717) is 4.90 Å². The monoisotopic (exact) mass is 302 g/mol. The predicted octanol–water partition coefficient (Wildman–Crippen LogP) is 2.08. The summed E-state index contributed by atoms with van der Waals surface area (Å²) in [6.45, 7) is 0. The predicted molar refractivity (Wildman–Crippen MR) is 65.1 cm³/mol. The van der Waals surface area contributed by atoms with Crippen molar-refractivity contribution in [1.29, 1.82) is 0 Å². The number of rotatable bonds is 3. The van der Waals surface area contributed by atoms with Gasteiger partial charge in [0.05, 0.1) is 16.7 Å². The molecule has 5 nitrogen and oxygen atoms in total. The van der Waals surface area contributed by atoms with Crippen molar-refractivity contribution in [2.75, 3.05) is 0 Å². The van der Waals surface area contributed by atoms with Crippen LogP contribution in [0.5, 0.6) is 0 Å². The lowest BCUT2D eigenvalue weighted by atomic mass is 10.2. The average molecular weight is 302 g/mol. The summed E-state index contributed by atoms with van der Waals surface area (Å²) in [6.07, 6.45) is -1.53. The van der Waals surface area contributed by atoms with Crippen molar-refractivity contribution in [2.45, 2.75) is 16.1 Å². The van der Waals surface area contributed by atoms with Gasteiger partial charge in [-0.3, -0.25) is 9.48 Å². The van der Waals surface area contributed by atoms with Crippen molar-refractivity contribution < 1.29 is 18.0 Å². The molecule has 0 radical (unpaired) electrons. The number of amides is 1. The lowest BCUT2D eigenvalue weighted by Gasteiger charge is -2.09. The Morgan fingerprint density at radius 1 is 1.40 bits per heavy atom. The van der Waals surface area contributed by atoms with E-state index >= 15 is 0 Å². The second-order valence-corrected chi connectivity index (χ2v) is 4.93. The molecule has 0 aliphatic rings. The quantitative estimate of drug-likeness (QED) is 0.942. The largest absolute Gasteiger partial charge is 0.433 e. The standard InChI is InChI=1S/C11H9F3N4OS/c1-18-5-6(4-16-18)20-10-7(9(15)19)2-3-8(17-10)11(12,13)14/h2-5H,1H3,(H2,15,19). The number of hydrogen-bond acceptors (Lipinski definition) is 4. The second-order valence-electron chi connectivity index (χ2n) is 3.86. The molecule has 2 aromatic rings. The van der Waals surface area contributed by atoms with Crippen LogP contribution >= 0.6 is 11.8 Å². The molecule has 0 saturated heterocycles. The van der Waals surface area contributed by atoms with Gasteiger partial charge in [0.2, 0.25) is 0 Å². The number of pyridine rings is 1. The highest BCUT2D eigenvalue weighted by Gasteiger charge is 2.33. The van der Waals surface area contributed by atoms with Gasteiger partial charge in [-0.2, -0.15) is 18.3 Å². The third-order valence-corrected chi connectivity index (χ3v) is 3.26. The summed E-state index contributed by atoms with van der Waals surface area (Å²) in [7, 11) is 1.67. The molecule has 0 aliphatic heterocycles. The van der Waals surface area contributed by atoms with Crippen LogP contribution in [0.15, 0.2) is 34.4 Å². The minimum atomic E-state index is -4.58. The molecule has 0 fully saturated rings. The molecule has 2 heterocycles. The van der Waals surface area contributed by atoms with Gasteiger partial charge in [-0.25, -0.2) is 4.98 Å². The molecule has 0 bridgehead atoms. The number of aryl methyl sites for hydroxylation is 1. The van der Waals surface area contributed by atoms with Crippen LogP contribution in [0.1, 0.15) is 16.1 Å². The molecular formula is C11H9F3N4OS. The van der Waals surface area contributed by atoms with E-state index in [1.54, 1.807) is 13.2 Å². The Morgan fingerprint density at radius 2 is 2.10 bits per heavy atom. The van der Waals surface area contributed by atoms with E-state index in [-0.39, 0.29) is 10.6 Å². The fourth-order valence-corrected chi connectivity index (χ4v) is 2.38. The Morgan fingerprint density at radius 3 is 2.60 bits per heavy atom. The number of alkyl halides is 3. The van der Waals surface area contributed by atoms with Crippen molar-refractivity contribution in [1.82, 2.24) is 14.8 Å². The van der Waals surface area contributed by atoms with E-state index in [1.165, 1.54) is 10.9 Å². The van der Waals surface area contributed by atoms with Gasteiger partial charge in [0.25, 0.3) is 5.91 Å². The summed E-state index contributed by atoms with van der Waals surface area (Å²) < 4.78 is 39.4. The molecule has 2 aromatic heterocycles. The Labute approximate surface area is 116 Å². The lowest BCUT2D eigenvalue weighted by molar-refractivity contribution is -0.141. The first-order valence-corrected chi connectivity index (χ1v) is 6.13. The Kier molecular flexibility index (Phi) is 3.71. The molecule has 20 heavy (non-hydrogen) atoms. The molecule has 106 valence electrons. The van der Waals surface area contributed by atoms with Crippen molar-refractivity contribution in [2.24, 2.45) is 12.8 Å². The van der Waals surface area contributed by atoms with Crippen molar-refractivity contribution in [3.8, 4) is 0 Å². The topological polar surface area (TPSA) is 73.8 Å². The van der Waals surface area contributed by atoms with Crippen LogP contribution in [-0.2, 0) is 13.2 Å². The number of nitrogens with zero attached hydrogens (tertiary/aromatic N) is 3. The third kappa shape index (κ3) is 3.10. The van der Waals surface area contributed by atoms with Crippen LogP contribution in [0, 0.1) is 0 Å². The zero-order valence-electron chi connectivity index (χ0n) is 10.2. The molecule has 9 heteroatoms. The van der Waals surface area contributed by atoms with E-state index in [2.05, 4.69) is 10.1 Å². The van der Waals surface area contributed by atoms with Gasteiger partial charge in [-0.15, -0.1) is 0 Å². The molecular weight excluding hydrogens is 293 g/mol. The summed E-state index contributed by atoms with van der Waals surface area (Å²) in [6, 6.07) is 1.75. The maximum atomic E-state index is 12.6. The molecule has 2 rings (SSSR count). The summed E-state index contributed by atoms with van der Waals surface area (Å²) in [5.41, 5.74) is 4.00. The zero-order chi connectivity index (χ0) is 14.9. The van der Waals surface area contributed by atoms with Crippen molar-refractivity contribution in [3.05, 3.63) is 35.8 Å². The Hall–Kier alpha value is -2.03. The SMILES string of the molecule is Cn1cc(Sc2nc(C(F)(F)F)ccc2C(N)=O)cn1. The third-order valence-electron chi connectivity index (χ3n) is 2.31. The van der Waals surface area contributed by atoms with Crippen LogP contribution in [0.2, 0.25) is 0 Å². The lowest BCUT2D eigenvalue weighted by Crippen LogP contribution is -2.16. The number of primary amides is 1. The van der Waals surface area contributed by atoms with E-state index < -0.39 is 17.8 Å². The summed E-state index contributed by atoms with van der Waals surface area (Å²) in [4.78, 5) is 15.3. The van der Waals surface area contributed by atoms with Gasteiger partial charge in [-0.05, 0) is 12.1 Å². The highest BCUT2D eigenvalue weighted by atomic mass is 32.2. The zero-order valence-corrected chi connectivity index (χ0v) is 11.0. The number of carbonyl (C=O) groups is 1. The summed E-state index contributed by atoms with van der Waals surface area (Å²) in [5, 5.41) is 3.79. The second kappa shape index (κ2) is 5.16. The molecule has 0 aliphatic carbocycles. The fourth-order valence-electron chi connectivity index (χ4n) is 1.43. The van der Waals surface area contributed by atoms with E-state index in [9.17, 15) is 18.0 Å². The van der Waals surface area contributed by atoms with E-state index in [4.69, 9.17) is 5.73 Å². The highest BCUT2D eigenvalue weighted by molar-refractivity contribution is 7.99. The average Bonchev–Trinajstić information content (AvgIpc) is 2.73. The van der Waals surface area contributed by atoms with Crippen LogP contribution < -0.4 is 5.73 Å². The van der Waals surface area contributed by atoms with Crippen molar-refractivity contribution >= 4 is 17.7 Å². The first kappa shape index (κ1) is 14.4. The Bertz CT molecular complexity index is 653. The van der Waals surface area contributed by atoms with Gasteiger partial charge in [0.15, 0.2) is 0 Å². The smallest absolute Gasteiger partial charge is 0.366 e. The maximum absolute atomic E-state index is 12.6. The van der Waals surface area contributed by atoms with Crippen LogP contribution in [-0.4, -0.2) is 20.7 Å². The molecule has 0 unspecified atom stereocenters. The molecule has 0 atom stereocenters. The van der Waals surface area contributed by atoms with E-state index in [0.717, 1.165) is 23.9 Å². The molecule has 2 N–H and O–H groups in total. The van der Waals surface area contributed by atoms with Crippen LogP contribution in [0.25, 0.3) is 0 Å². The summed E-state index contributed by atoms with van der Waals surface area (Å²) >= 11 is 0.898. The van der Waals surface area contributed by atoms with Crippen molar-refractivity contribution in [3.63, 3.8) is 0 Å². The minimum Gasteiger partial charge on any atom is -0.366 e. The highest BCUT2D eigenvalue weighted by Crippen LogP contribution is 2.33. The van der Waals surface area contributed by atoms with Gasteiger partial charge < -0.3 is 5.73 Å². The van der Waals surface area contributed by atoms with Gasteiger partial charge >= 0.3 is 6.18 Å². The minimum absolute atomic E-state index is 0.0631. The first-order chi connectivity index (χ1) is 9.27. The van der Waals surface area contributed by atoms with Gasteiger partial charge in [0, 0.05) is 13.2 Å².